The van der Waals surface area contributed by atoms with Gasteiger partial charge in [0.15, 0.2) is 0 Å². The maximum Gasteiger partial charge on any atom is 0.453 e. The van der Waals surface area contributed by atoms with Gasteiger partial charge in [0.1, 0.15) is 0 Å². The Hall–Kier alpha value is -0.390. The van der Waals surface area contributed by atoms with Crippen molar-refractivity contribution in [2.75, 3.05) is 13.2 Å². The normalized spacial score (nSPS) is 12.9. The topological polar surface area (TPSA) is 9.23 Å². The lowest BCUT2D eigenvalue weighted by Crippen LogP contribution is -2.36. The van der Waals surface area contributed by atoms with Crippen molar-refractivity contribution in [1.82, 2.24) is 0 Å². The zero-order valence-corrected chi connectivity index (χ0v) is 17.9. The molecule has 0 aromatic rings. The van der Waals surface area contributed by atoms with Crippen LogP contribution in [0.1, 0.15) is 110 Å². The highest BCUT2D eigenvalue weighted by molar-refractivity contribution is 4.75. The van der Waals surface area contributed by atoms with Crippen LogP contribution in [0, 0.1) is 5.92 Å². The predicted molar refractivity (Wildman–Crippen MR) is 106 cm³/mol. The van der Waals surface area contributed by atoms with Gasteiger partial charge in [-0.1, -0.05) is 84.5 Å². The smallest absolute Gasteiger partial charge is 0.381 e. The second-order valence-electron chi connectivity index (χ2n) is 8.34. The molecular weight excluding hydrogens is 375 g/mol. The van der Waals surface area contributed by atoms with E-state index in [1.54, 1.807) is 0 Å². The lowest BCUT2D eigenvalue weighted by atomic mass is 10.0. The third kappa shape index (κ3) is 16.6. The molecule has 0 unspecified atom stereocenters. The number of hydrogen-bond acceptors (Lipinski definition) is 1. The number of alkyl halides is 5. The molecular formula is C22H41F5O. The largest absolute Gasteiger partial charge is 0.453 e. The molecule has 170 valence electrons. The molecule has 0 aromatic carbocycles. The molecule has 0 rings (SSSR count). The van der Waals surface area contributed by atoms with Gasteiger partial charge in [-0.25, -0.2) is 0 Å². The van der Waals surface area contributed by atoms with Crippen LogP contribution in [-0.2, 0) is 4.74 Å². The molecule has 0 aromatic heterocycles. The van der Waals surface area contributed by atoms with E-state index in [2.05, 4.69) is 13.8 Å². The Bertz CT molecular complexity index is 342. The van der Waals surface area contributed by atoms with E-state index in [-0.39, 0.29) is 6.42 Å². The Morgan fingerprint density at radius 1 is 0.571 bits per heavy atom. The van der Waals surface area contributed by atoms with Gasteiger partial charge in [0.2, 0.25) is 0 Å². The van der Waals surface area contributed by atoms with E-state index < -0.39 is 18.5 Å². The maximum absolute atomic E-state index is 12.7. The number of hydrogen-bond donors (Lipinski definition) is 0. The fraction of sp³-hybridized carbons (Fsp3) is 1.00. The quantitative estimate of drug-likeness (QED) is 0.151. The van der Waals surface area contributed by atoms with Gasteiger partial charge in [-0.15, -0.1) is 0 Å². The van der Waals surface area contributed by atoms with Crippen LogP contribution in [0.5, 0.6) is 0 Å². The van der Waals surface area contributed by atoms with Crippen LogP contribution in [0.3, 0.4) is 0 Å². The van der Waals surface area contributed by atoms with E-state index in [0.29, 0.717) is 32.5 Å². The molecule has 0 spiro atoms. The van der Waals surface area contributed by atoms with Crippen LogP contribution in [-0.4, -0.2) is 25.3 Å². The molecule has 0 aliphatic carbocycles. The van der Waals surface area contributed by atoms with Gasteiger partial charge >= 0.3 is 12.1 Å². The summed E-state index contributed by atoms with van der Waals surface area (Å²) in [5.74, 6) is -3.74. The summed E-state index contributed by atoms with van der Waals surface area (Å²) in [6.45, 7) is 5.82. The van der Waals surface area contributed by atoms with Crippen molar-refractivity contribution in [3.8, 4) is 0 Å². The Morgan fingerprint density at radius 2 is 0.964 bits per heavy atom. The van der Waals surface area contributed by atoms with Crippen LogP contribution in [0.25, 0.3) is 0 Å². The molecule has 0 aliphatic heterocycles. The average molecular weight is 417 g/mol. The summed E-state index contributed by atoms with van der Waals surface area (Å²) in [6.07, 6.45) is 7.86. The van der Waals surface area contributed by atoms with Crippen molar-refractivity contribution >= 4 is 0 Å². The maximum atomic E-state index is 12.7. The van der Waals surface area contributed by atoms with E-state index in [1.165, 1.54) is 57.8 Å². The fourth-order valence-electron chi connectivity index (χ4n) is 3.14. The summed E-state index contributed by atoms with van der Waals surface area (Å²) < 4.78 is 66.9. The highest BCUT2D eigenvalue weighted by Crippen LogP contribution is 2.39. The number of unbranched alkanes of at least 4 members (excludes halogenated alkanes) is 11. The fourth-order valence-corrected chi connectivity index (χ4v) is 3.14. The summed E-state index contributed by atoms with van der Waals surface area (Å²) in [7, 11) is 0. The van der Waals surface area contributed by atoms with Gasteiger partial charge in [-0.3, -0.25) is 0 Å². The first kappa shape index (κ1) is 27.6. The molecule has 0 fully saturated rings. The SMILES string of the molecule is CC(C)CCCCCCCCCCCOCCCCCCC(F)(F)C(F)(F)F. The van der Waals surface area contributed by atoms with Gasteiger partial charge in [0.25, 0.3) is 0 Å². The second kappa shape index (κ2) is 16.4. The molecule has 0 N–H and O–H groups in total. The van der Waals surface area contributed by atoms with Crippen molar-refractivity contribution in [2.24, 2.45) is 5.92 Å². The van der Waals surface area contributed by atoms with Crippen LogP contribution in [0.15, 0.2) is 0 Å². The summed E-state index contributed by atoms with van der Waals surface area (Å²) in [6, 6.07) is 0. The van der Waals surface area contributed by atoms with Gasteiger partial charge in [0, 0.05) is 19.6 Å². The molecule has 0 heterocycles. The monoisotopic (exact) mass is 416 g/mol. The van der Waals surface area contributed by atoms with Crippen LogP contribution in [0.4, 0.5) is 22.0 Å². The van der Waals surface area contributed by atoms with E-state index in [4.69, 9.17) is 4.74 Å². The zero-order chi connectivity index (χ0) is 21.3. The predicted octanol–water partition coefficient (Wildman–Crippen LogP) is 8.71. The second-order valence-corrected chi connectivity index (χ2v) is 8.34. The summed E-state index contributed by atoms with van der Waals surface area (Å²) in [5, 5.41) is 0. The van der Waals surface area contributed by atoms with Gasteiger partial charge in [0.05, 0.1) is 0 Å². The average Bonchev–Trinajstić information content (AvgIpc) is 2.59. The van der Waals surface area contributed by atoms with Gasteiger partial charge in [-0.2, -0.15) is 22.0 Å². The molecule has 6 heteroatoms. The summed E-state index contributed by atoms with van der Waals surface area (Å²) in [4.78, 5) is 0. The van der Waals surface area contributed by atoms with E-state index in [0.717, 1.165) is 12.3 Å². The lowest BCUT2D eigenvalue weighted by Gasteiger charge is -2.19. The van der Waals surface area contributed by atoms with Gasteiger partial charge in [-0.05, 0) is 25.2 Å². The highest BCUT2D eigenvalue weighted by atomic mass is 19.4. The molecule has 0 saturated heterocycles. The van der Waals surface area contributed by atoms with Crippen molar-refractivity contribution in [3.05, 3.63) is 0 Å². The number of rotatable bonds is 19. The van der Waals surface area contributed by atoms with E-state index in [1.807, 2.05) is 0 Å². The van der Waals surface area contributed by atoms with Crippen LogP contribution >= 0.6 is 0 Å². The molecule has 0 amide bonds. The first-order chi connectivity index (χ1) is 13.2. The van der Waals surface area contributed by atoms with Crippen molar-refractivity contribution in [3.63, 3.8) is 0 Å². The molecule has 28 heavy (non-hydrogen) atoms. The molecule has 0 radical (unpaired) electrons. The zero-order valence-electron chi connectivity index (χ0n) is 17.9. The van der Waals surface area contributed by atoms with Crippen molar-refractivity contribution < 1.29 is 26.7 Å². The van der Waals surface area contributed by atoms with Crippen molar-refractivity contribution in [2.45, 2.75) is 122 Å². The van der Waals surface area contributed by atoms with E-state index >= 15 is 0 Å². The highest BCUT2D eigenvalue weighted by Gasteiger charge is 2.56. The minimum absolute atomic E-state index is 0.107. The Labute approximate surface area is 168 Å². The molecule has 0 aliphatic rings. The Balaban J connectivity index is 3.20. The van der Waals surface area contributed by atoms with E-state index in [9.17, 15) is 22.0 Å². The third-order valence-corrected chi connectivity index (χ3v) is 5.01. The molecule has 1 nitrogen and oxygen atoms in total. The lowest BCUT2D eigenvalue weighted by molar-refractivity contribution is -0.284. The first-order valence-electron chi connectivity index (χ1n) is 11.2. The summed E-state index contributed by atoms with van der Waals surface area (Å²) in [5.41, 5.74) is 0. The van der Waals surface area contributed by atoms with Crippen LogP contribution < -0.4 is 0 Å². The molecule has 0 bridgehead atoms. The van der Waals surface area contributed by atoms with Gasteiger partial charge < -0.3 is 4.74 Å². The van der Waals surface area contributed by atoms with Crippen molar-refractivity contribution in [1.29, 1.82) is 0 Å². The summed E-state index contributed by atoms with van der Waals surface area (Å²) >= 11 is 0. The number of ether oxygens (including phenoxy) is 1. The minimum atomic E-state index is -5.43. The molecule has 0 saturated carbocycles. The minimum Gasteiger partial charge on any atom is -0.381 e. The standard InChI is InChI=1S/C22H41F5O/c1-20(2)16-12-8-6-4-3-5-7-10-14-18-28-19-15-11-9-13-17-21(23,24)22(25,26)27/h20H,3-19H2,1-2H3. The van der Waals surface area contributed by atoms with Crippen LogP contribution in [0.2, 0.25) is 0 Å². The first-order valence-corrected chi connectivity index (χ1v) is 11.2. The molecule has 0 atom stereocenters. The number of halogens is 5. The third-order valence-electron chi connectivity index (χ3n) is 5.01. The Kier molecular flexibility index (Phi) is 16.2. The Morgan fingerprint density at radius 3 is 1.39 bits per heavy atom.